The van der Waals surface area contributed by atoms with Gasteiger partial charge in [-0.05, 0) is 23.3 Å². The molecular weight excluding hydrogens is 276 g/mol. The third kappa shape index (κ3) is 2.70. The molecule has 5 nitrogen and oxygen atoms in total. The second-order valence-electron chi connectivity index (χ2n) is 5.55. The number of nitrogens with two attached hydrogens (primary N) is 4. The first-order valence-electron chi connectivity index (χ1n) is 7.16. The van der Waals surface area contributed by atoms with Gasteiger partial charge in [0, 0.05) is 11.8 Å². The fourth-order valence-corrected chi connectivity index (χ4v) is 2.64. The molecule has 0 aliphatic heterocycles. The summed E-state index contributed by atoms with van der Waals surface area (Å²) in [6.45, 7) is 3.65. The minimum Gasteiger partial charge on any atom is -0.397 e. The molecule has 2 atom stereocenters. The summed E-state index contributed by atoms with van der Waals surface area (Å²) < 4.78 is 0. The van der Waals surface area contributed by atoms with E-state index in [0.29, 0.717) is 22.7 Å². The smallest absolute Gasteiger partial charge is 0.147 e. The van der Waals surface area contributed by atoms with E-state index in [1.165, 1.54) is 0 Å². The molecule has 2 unspecified atom stereocenters. The zero-order valence-corrected chi connectivity index (χ0v) is 12.8. The average Bonchev–Trinajstić information content (AvgIpc) is 2.50. The van der Waals surface area contributed by atoms with Gasteiger partial charge >= 0.3 is 0 Å². The van der Waals surface area contributed by atoms with E-state index in [4.69, 9.17) is 22.9 Å². The molecule has 0 heterocycles. The maximum absolute atomic E-state index is 12.8. The minimum atomic E-state index is -0.376. The molecule has 0 saturated carbocycles. The lowest BCUT2D eigenvalue weighted by molar-refractivity contribution is -0.121. The van der Waals surface area contributed by atoms with Crippen LogP contribution in [0.4, 0.5) is 22.7 Å². The Hall–Kier alpha value is -2.69. The lowest BCUT2D eigenvalue weighted by Crippen LogP contribution is -2.19. The van der Waals surface area contributed by atoms with Crippen LogP contribution in [-0.2, 0) is 4.79 Å². The highest BCUT2D eigenvalue weighted by atomic mass is 16.1. The van der Waals surface area contributed by atoms with E-state index in [1.807, 2.05) is 26.0 Å². The average molecular weight is 298 g/mol. The Morgan fingerprint density at radius 2 is 1.14 bits per heavy atom. The Kier molecular flexibility index (Phi) is 4.26. The number of carbonyl (C=O) groups excluding carboxylic acids is 1. The molecule has 0 spiro atoms. The number of anilines is 4. The number of hydrogen-bond acceptors (Lipinski definition) is 5. The first-order valence-corrected chi connectivity index (χ1v) is 7.16. The summed E-state index contributed by atoms with van der Waals surface area (Å²) >= 11 is 0. The molecule has 0 aliphatic carbocycles. The van der Waals surface area contributed by atoms with Crippen LogP contribution in [0.5, 0.6) is 0 Å². The standard InChI is InChI=1S/C17H22N4O/c1-9(11-5-3-7-13(18)15(11)20)17(22)10(2)12-6-4-8-14(19)16(12)21/h3-10H,18-21H2,1-2H3. The molecule has 2 aromatic carbocycles. The second-order valence-corrected chi connectivity index (χ2v) is 5.55. The summed E-state index contributed by atoms with van der Waals surface area (Å²) in [5.41, 5.74) is 27.0. The Bertz CT molecular complexity index is 652. The molecule has 116 valence electrons. The molecule has 2 rings (SSSR count). The maximum atomic E-state index is 12.8. The number of rotatable bonds is 4. The molecular formula is C17H22N4O. The highest BCUT2D eigenvalue weighted by Gasteiger charge is 2.26. The number of para-hydroxylation sites is 2. The summed E-state index contributed by atoms with van der Waals surface area (Å²) in [7, 11) is 0. The Morgan fingerprint density at radius 1 is 0.773 bits per heavy atom. The first kappa shape index (κ1) is 15.7. The van der Waals surface area contributed by atoms with Crippen LogP contribution in [0.3, 0.4) is 0 Å². The van der Waals surface area contributed by atoms with Gasteiger partial charge in [-0.2, -0.15) is 0 Å². The molecule has 8 N–H and O–H groups in total. The van der Waals surface area contributed by atoms with Gasteiger partial charge in [0.15, 0.2) is 0 Å². The molecule has 0 saturated heterocycles. The number of Topliss-reactive ketones (excluding diaryl/α,β-unsaturated/α-hetero) is 1. The highest BCUT2D eigenvalue weighted by molar-refractivity contribution is 5.94. The van der Waals surface area contributed by atoms with Crippen LogP contribution in [0.2, 0.25) is 0 Å². The van der Waals surface area contributed by atoms with E-state index in [-0.39, 0.29) is 17.6 Å². The van der Waals surface area contributed by atoms with Crippen LogP contribution in [0.25, 0.3) is 0 Å². The van der Waals surface area contributed by atoms with Crippen molar-refractivity contribution in [1.29, 1.82) is 0 Å². The predicted molar refractivity (Wildman–Crippen MR) is 92.4 cm³/mol. The SMILES string of the molecule is CC(C(=O)C(C)c1cccc(N)c1N)c1cccc(N)c1N. The van der Waals surface area contributed by atoms with Gasteiger partial charge in [0.2, 0.25) is 0 Å². The number of benzene rings is 2. The van der Waals surface area contributed by atoms with E-state index >= 15 is 0 Å². The number of carbonyl (C=O) groups is 1. The fraction of sp³-hybridized carbons (Fsp3) is 0.235. The summed E-state index contributed by atoms with van der Waals surface area (Å²) in [5, 5.41) is 0. The minimum absolute atomic E-state index is 0.0228. The molecule has 2 aromatic rings. The van der Waals surface area contributed by atoms with Gasteiger partial charge < -0.3 is 22.9 Å². The monoisotopic (exact) mass is 298 g/mol. The van der Waals surface area contributed by atoms with Gasteiger partial charge in [0.25, 0.3) is 0 Å². The number of nitrogen functional groups attached to an aromatic ring is 4. The summed E-state index contributed by atoms with van der Waals surface area (Å²) in [6, 6.07) is 10.7. The summed E-state index contributed by atoms with van der Waals surface area (Å²) in [4.78, 5) is 12.8. The summed E-state index contributed by atoms with van der Waals surface area (Å²) in [5.74, 6) is -0.728. The van der Waals surface area contributed by atoms with Gasteiger partial charge in [-0.1, -0.05) is 38.1 Å². The van der Waals surface area contributed by atoms with Crippen molar-refractivity contribution in [3.8, 4) is 0 Å². The maximum Gasteiger partial charge on any atom is 0.147 e. The zero-order chi connectivity index (χ0) is 16.4. The fourth-order valence-electron chi connectivity index (χ4n) is 2.64. The third-order valence-electron chi connectivity index (χ3n) is 4.13. The molecule has 0 amide bonds. The van der Waals surface area contributed by atoms with Crippen molar-refractivity contribution < 1.29 is 4.79 Å². The molecule has 22 heavy (non-hydrogen) atoms. The molecule has 0 bridgehead atoms. The van der Waals surface area contributed by atoms with Crippen molar-refractivity contribution in [3.63, 3.8) is 0 Å². The van der Waals surface area contributed by atoms with Gasteiger partial charge in [-0.25, -0.2) is 0 Å². The number of ketones is 1. The molecule has 5 heteroatoms. The molecule has 0 fully saturated rings. The normalized spacial score (nSPS) is 13.5. The van der Waals surface area contributed by atoms with Crippen LogP contribution in [-0.4, -0.2) is 5.78 Å². The highest BCUT2D eigenvalue weighted by Crippen LogP contribution is 2.34. The van der Waals surface area contributed by atoms with Gasteiger partial charge in [-0.15, -0.1) is 0 Å². The van der Waals surface area contributed by atoms with Crippen molar-refractivity contribution in [2.24, 2.45) is 0 Å². The lowest BCUT2D eigenvalue weighted by atomic mass is 9.84. The van der Waals surface area contributed by atoms with Crippen molar-refractivity contribution in [1.82, 2.24) is 0 Å². The van der Waals surface area contributed by atoms with Crippen molar-refractivity contribution in [3.05, 3.63) is 47.5 Å². The third-order valence-corrected chi connectivity index (χ3v) is 4.13. The quantitative estimate of drug-likeness (QED) is 0.646. The Labute approximate surface area is 130 Å². The van der Waals surface area contributed by atoms with E-state index in [2.05, 4.69) is 0 Å². The van der Waals surface area contributed by atoms with Crippen LogP contribution in [0, 0.1) is 0 Å². The Balaban J connectivity index is 2.34. The molecule has 0 aliphatic rings. The van der Waals surface area contributed by atoms with E-state index in [0.717, 1.165) is 11.1 Å². The van der Waals surface area contributed by atoms with Gasteiger partial charge in [0.1, 0.15) is 5.78 Å². The van der Waals surface area contributed by atoms with Crippen molar-refractivity contribution >= 4 is 28.5 Å². The second kappa shape index (κ2) is 5.97. The van der Waals surface area contributed by atoms with Gasteiger partial charge in [-0.3, -0.25) is 4.79 Å². The Morgan fingerprint density at radius 3 is 1.50 bits per heavy atom. The lowest BCUT2D eigenvalue weighted by Gasteiger charge is -2.20. The van der Waals surface area contributed by atoms with E-state index in [1.54, 1.807) is 24.3 Å². The van der Waals surface area contributed by atoms with Crippen LogP contribution < -0.4 is 22.9 Å². The van der Waals surface area contributed by atoms with Gasteiger partial charge in [0.05, 0.1) is 22.7 Å². The van der Waals surface area contributed by atoms with Crippen molar-refractivity contribution in [2.45, 2.75) is 25.7 Å². The largest absolute Gasteiger partial charge is 0.397 e. The zero-order valence-electron chi connectivity index (χ0n) is 12.8. The predicted octanol–water partition coefficient (Wildman–Crippen LogP) is 2.49. The molecule has 0 radical (unpaired) electrons. The van der Waals surface area contributed by atoms with E-state index in [9.17, 15) is 4.79 Å². The topological polar surface area (TPSA) is 121 Å². The van der Waals surface area contributed by atoms with Crippen LogP contribution in [0.1, 0.15) is 36.8 Å². The van der Waals surface area contributed by atoms with Crippen LogP contribution in [0.15, 0.2) is 36.4 Å². The summed E-state index contributed by atoms with van der Waals surface area (Å²) in [6.07, 6.45) is 0. The number of hydrogen-bond donors (Lipinski definition) is 4. The van der Waals surface area contributed by atoms with Crippen LogP contribution >= 0.6 is 0 Å². The van der Waals surface area contributed by atoms with Crippen molar-refractivity contribution in [2.75, 3.05) is 22.9 Å². The van der Waals surface area contributed by atoms with E-state index < -0.39 is 0 Å². The molecule has 0 aromatic heterocycles. The first-order chi connectivity index (χ1) is 10.3.